The topological polar surface area (TPSA) is 64.5 Å². The van der Waals surface area contributed by atoms with E-state index in [0.717, 1.165) is 60.1 Å². The summed E-state index contributed by atoms with van der Waals surface area (Å²) in [6.07, 6.45) is 0. The monoisotopic (exact) mass is 771 g/mol. The molecular weight excluding hydrogens is 739 g/mol. The summed E-state index contributed by atoms with van der Waals surface area (Å²) in [5.41, 5.74) is 14.9. The lowest BCUT2D eigenvalue weighted by Crippen LogP contribution is -2.00. The zero-order valence-electron chi connectivity index (χ0n) is 31.7. The quantitative estimate of drug-likeness (QED) is 0.161. The Morgan fingerprint density at radius 1 is 0.271 bits per heavy atom. The molecule has 276 valence electrons. The second-order valence-electron chi connectivity index (χ2n) is 14.5. The van der Waals surface area contributed by atoms with Crippen LogP contribution in [0.2, 0.25) is 0 Å². The minimum absolute atomic E-state index is 0.635. The molecule has 0 saturated carbocycles. The lowest BCUT2D eigenvalue weighted by molar-refractivity contribution is 1.07. The Hall–Kier alpha value is -7.67. The summed E-state index contributed by atoms with van der Waals surface area (Å²) >= 11 is 1.70. The van der Waals surface area contributed by atoms with Crippen LogP contribution in [0.3, 0.4) is 0 Å². The molecule has 0 N–H and O–H groups in total. The van der Waals surface area contributed by atoms with E-state index in [4.69, 9.17) is 24.9 Å². The van der Waals surface area contributed by atoms with Gasteiger partial charge in [0.25, 0.3) is 0 Å². The van der Waals surface area contributed by atoms with Crippen LogP contribution in [0.1, 0.15) is 0 Å². The van der Waals surface area contributed by atoms with Gasteiger partial charge in [0.2, 0.25) is 0 Å². The van der Waals surface area contributed by atoms with Crippen LogP contribution in [0, 0.1) is 0 Å². The average Bonchev–Trinajstić information content (AvgIpc) is 3.68. The Balaban J connectivity index is 0.859. The molecule has 0 amide bonds. The van der Waals surface area contributed by atoms with Gasteiger partial charge < -0.3 is 0 Å². The van der Waals surface area contributed by atoms with E-state index in [0.29, 0.717) is 17.5 Å². The third-order valence-electron chi connectivity index (χ3n) is 10.8. The van der Waals surface area contributed by atoms with Gasteiger partial charge in [-0.1, -0.05) is 176 Å². The highest BCUT2D eigenvalue weighted by Crippen LogP contribution is 2.37. The van der Waals surface area contributed by atoms with Crippen molar-refractivity contribution in [3.8, 4) is 78.7 Å². The summed E-state index contributed by atoms with van der Waals surface area (Å²) < 4.78 is 1.19. The summed E-state index contributed by atoms with van der Waals surface area (Å²) in [6, 6.07) is 69.6. The highest BCUT2D eigenvalue weighted by molar-refractivity contribution is 7.25. The Kier molecular flexibility index (Phi) is 8.60. The van der Waals surface area contributed by atoms with E-state index in [-0.39, 0.29) is 0 Å². The summed E-state index contributed by atoms with van der Waals surface area (Å²) in [6.45, 7) is 0. The molecule has 0 spiro atoms. The maximum absolute atomic E-state index is 4.99. The Morgan fingerprint density at radius 2 is 0.644 bits per heavy atom. The molecule has 0 bridgehead atoms. The number of hydrogen-bond acceptors (Lipinski definition) is 6. The molecular formula is C53H33N5S. The van der Waals surface area contributed by atoms with Gasteiger partial charge in [-0.25, -0.2) is 24.9 Å². The van der Waals surface area contributed by atoms with Gasteiger partial charge in [0.15, 0.2) is 17.5 Å². The molecule has 0 aliphatic rings. The lowest BCUT2D eigenvalue weighted by Gasteiger charge is -2.10. The summed E-state index contributed by atoms with van der Waals surface area (Å²) in [5, 5.41) is 1.15. The van der Waals surface area contributed by atoms with E-state index in [1.807, 2.05) is 60.7 Å². The summed E-state index contributed by atoms with van der Waals surface area (Å²) in [4.78, 5) is 25.7. The fourth-order valence-electron chi connectivity index (χ4n) is 7.65. The molecule has 6 heteroatoms. The van der Waals surface area contributed by atoms with Gasteiger partial charge in [-0.2, -0.15) is 0 Å². The maximum Gasteiger partial charge on any atom is 0.164 e. The number of thiophene rings is 1. The molecule has 11 aromatic rings. The van der Waals surface area contributed by atoms with E-state index < -0.39 is 0 Å². The first-order valence-electron chi connectivity index (χ1n) is 19.6. The molecule has 0 saturated heterocycles. The number of benzene rings is 8. The fraction of sp³-hybridized carbons (Fsp3) is 0. The molecule has 11 rings (SSSR count). The van der Waals surface area contributed by atoms with Crippen molar-refractivity contribution in [2.75, 3.05) is 0 Å². The highest BCUT2D eigenvalue weighted by atomic mass is 32.1. The van der Waals surface area contributed by atoms with Crippen molar-refractivity contribution in [3.63, 3.8) is 0 Å². The molecule has 0 aliphatic heterocycles. The predicted molar refractivity (Wildman–Crippen MR) is 244 cm³/mol. The van der Waals surface area contributed by atoms with Gasteiger partial charge in [-0.15, -0.1) is 11.3 Å². The minimum Gasteiger partial charge on any atom is -0.243 e. The van der Waals surface area contributed by atoms with Crippen molar-refractivity contribution in [2.45, 2.75) is 0 Å². The van der Waals surface area contributed by atoms with Gasteiger partial charge in [0.05, 0.1) is 11.0 Å². The smallest absolute Gasteiger partial charge is 0.164 e. The first-order chi connectivity index (χ1) is 29.2. The molecule has 3 aromatic heterocycles. The standard InChI is InChI=1S/C53H33N5S/c1-3-10-34(11-4-1)35-22-26-40(27-23-35)51-56-50(39-12-5-2-6-13-39)57-52(58-51)41-28-24-37(25-29-41)36-18-20-38(21-19-36)42-14-9-15-43(32-42)44-30-31-45-48(33-44)59-53-49(45)54-46-16-7-8-17-47(46)55-53/h1-33H. The van der Waals surface area contributed by atoms with Crippen molar-refractivity contribution in [3.05, 3.63) is 200 Å². The van der Waals surface area contributed by atoms with Crippen molar-refractivity contribution in [1.29, 1.82) is 0 Å². The molecule has 59 heavy (non-hydrogen) atoms. The third-order valence-corrected chi connectivity index (χ3v) is 11.8. The van der Waals surface area contributed by atoms with E-state index >= 15 is 0 Å². The van der Waals surface area contributed by atoms with E-state index in [2.05, 4.69) is 140 Å². The number of para-hydroxylation sites is 2. The van der Waals surface area contributed by atoms with Crippen LogP contribution in [0.4, 0.5) is 0 Å². The molecule has 0 fully saturated rings. The van der Waals surface area contributed by atoms with Gasteiger partial charge in [0, 0.05) is 26.8 Å². The van der Waals surface area contributed by atoms with Crippen LogP contribution in [-0.4, -0.2) is 24.9 Å². The molecule has 0 atom stereocenters. The van der Waals surface area contributed by atoms with E-state index in [1.54, 1.807) is 11.3 Å². The summed E-state index contributed by atoms with van der Waals surface area (Å²) in [7, 11) is 0. The Labute approximate surface area is 345 Å². The van der Waals surface area contributed by atoms with Crippen molar-refractivity contribution >= 4 is 42.8 Å². The number of aromatic nitrogens is 5. The lowest BCUT2D eigenvalue weighted by atomic mass is 9.96. The predicted octanol–water partition coefficient (Wildman–Crippen LogP) is 13.9. The molecule has 8 aromatic carbocycles. The van der Waals surface area contributed by atoms with Gasteiger partial charge in [-0.3, -0.25) is 0 Å². The maximum atomic E-state index is 4.99. The minimum atomic E-state index is 0.635. The SMILES string of the molecule is c1ccc(-c2ccc(-c3nc(-c4ccccc4)nc(-c4ccc(-c5ccc(-c6cccc(-c7ccc8c(c7)sc7nc9ccccc9nc78)c6)cc5)cc4)n3)cc2)cc1. The number of fused-ring (bicyclic) bond motifs is 4. The molecule has 0 aliphatic carbocycles. The number of hydrogen-bond donors (Lipinski definition) is 0. The second-order valence-corrected chi connectivity index (χ2v) is 15.6. The fourth-order valence-corrected chi connectivity index (χ4v) is 8.72. The second kappa shape index (κ2) is 14.7. The van der Waals surface area contributed by atoms with Crippen molar-refractivity contribution in [1.82, 2.24) is 24.9 Å². The molecule has 0 unspecified atom stereocenters. The molecule has 0 radical (unpaired) electrons. The zero-order valence-corrected chi connectivity index (χ0v) is 32.5. The van der Waals surface area contributed by atoms with Crippen LogP contribution in [0.5, 0.6) is 0 Å². The first kappa shape index (κ1) is 34.6. The number of rotatable bonds is 7. The average molecular weight is 772 g/mol. The molecule has 5 nitrogen and oxygen atoms in total. The highest BCUT2D eigenvalue weighted by Gasteiger charge is 2.14. The third kappa shape index (κ3) is 6.71. The van der Waals surface area contributed by atoms with Crippen molar-refractivity contribution in [2.24, 2.45) is 0 Å². The van der Waals surface area contributed by atoms with E-state index in [9.17, 15) is 0 Å². The van der Waals surface area contributed by atoms with Crippen LogP contribution in [0.15, 0.2) is 200 Å². The van der Waals surface area contributed by atoms with E-state index in [1.165, 1.54) is 32.5 Å². The van der Waals surface area contributed by atoms with Crippen LogP contribution in [-0.2, 0) is 0 Å². The van der Waals surface area contributed by atoms with Crippen LogP contribution >= 0.6 is 11.3 Å². The van der Waals surface area contributed by atoms with Gasteiger partial charge >= 0.3 is 0 Å². The van der Waals surface area contributed by atoms with Gasteiger partial charge in [0.1, 0.15) is 10.3 Å². The first-order valence-corrected chi connectivity index (χ1v) is 20.4. The van der Waals surface area contributed by atoms with Crippen molar-refractivity contribution < 1.29 is 0 Å². The largest absolute Gasteiger partial charge is 0.243 e. The molecule has 3 heterocycles. The van der Waals surface area contributed by atoms with Crippen LogP contribution < -0.4 is 0 Å². The Morgan fingerprint density at radius 3 is 1.20 bits per heavy atom. The van der Waals surface area contributed by atoms with Gasteiger partial charge in [-0.05, 0) is 68.8 Å². The normalized spacial score (nSPS) is 11.4. The summed E-state index contributed by atoms with van der Waals surface area (Å²) in [5.74, 6) is 1.92. The zero-order chi connectivity index (χ0) is 39.1. The number of nitrogens with zero attached hydrogens (tertiary/aromatic N) is 5. The Bertz CT molecular complexity index is 3290. The van der Waals surface area contributed by atoms with Crippen LogP contribution in [0.25, 0.3) is 110 Å².